The van der Waals surface area contributed by atoms with Crippen molar-refractivity contribution in [2.45, 2.75) is 38.0 Å². The van der Waals surface area contributed by atoms with Crippen LogP contribution in [0.2, 0.25) is 0 Å². The molecule has 1 N–H and O–H groups in total. The van der Waals surface area contributed by atoms with Crippen molar-refractivity contribution in [1.82, 2.24) is 0 Å². The summed E-state index contributed by atoms with van der Waals surface area (Å²) >= 11 is 1.40. The number of Topliss-reactive ketones (excluding diaryl/α,β-unsaturated/α-hetero) is 1. The van der Waals surface area contributed by atoms with Gasteiger partial charge >= 0.3 is 0 Å². The van der Waals surface area contributed by atoms with Crippen LogP contribution in [0.25, 0.3) is 0 Å². The van der Waals surface area contributed by atoms with Crippen LogP contribution >= 0.6 is 11.8 Å². The number of hydrogen-bond donors (Lipinski definition) is 0. The highest BCUT2D eigenvalue weighted by atomic mass is 32.2. The summed E-state index contributed by atoms with van der Waals surface area (Å²) in [6, 6.07) is 4.10. The first kappa shape index (κ1) is 12.7. The van der Waals surface area contributed by atoms with E-state index in [4.69, 9.17) is 5.26 Å². The molecule has 1 atom stereocenters. The van der Waals surface area contributed by atoms with E-state index in [2.05, 4.69) is 11.1 Å². The summed E-state index contributed by atoms with van der Waals surface area (Å²) in [7, 11) is 0. The summed E-state index contributed by atoms with van der Waals surface area (Å²) in [5.74, 6) is 0.112. The Kier molecular flexibility index (Phi) is 4.08. The number of ketones is 1. The van der Waals surface area contributed by atoms with Crippen molar-refractivity contribution in [3.8, 4) is 6.07 Å². The molecule has 16 heavy (non-hydrogen) atoms. The summed E-state index contributed by atoms with van der Waals surface area (Å²) < 4.78 is 0. The molecule has 84 valence electrons. The van der Waals surface area contributed by atoms with Crippen molar-refractivity contribution in [2.24, 2.45) is 0 Å². The van der Waals surface area contributed by atoms with Gasteiger partial charge in [0.2, 0.25) is 0 Å². The molecule has 0 aromatic carbocycles. The lowest BCUT2D eigenvalue weighted by Gasteiger charge is -2.05. The molecule has 0 aliphatic heterocycles. The standard InChI is InChI=1S/C12H14N2OS/c1-7-5-8(2)14-12(11(7)6-13)16-10(4)9(3)15/h5,10H,1-4H3/p+1. The summed E-state index contributed by atoms with van der Waals surface area (Å²) in [4.78, 5) is 14.3. The number of pyridine rings is 1. The van der Waals surface area contributed by atoms with Gasteiger partial charge in [-0.1, -0.05) is 0 Å². The van der Waals surface area contributed by atoms with E-state index in [1.165, 1.54) is 11.8 Å². The zero-order chi connectivity index (χ0) is 12.3. The SMILES string of the molecule is CC(=O)C(C)Sc1[nH+]c(C)cc(C)c1C#N. The lowest BCUT2D eigenvalue weighted by molar-refractivity contribution is -0.435. The number of aryl methyl sites for hydroxylation is 2. The summed E-state index contributed by atoms with van der Waals surface area (Å²) in [6.07, 6.45) is 0. The molecule has 1 heterocycles. The maximum absolute atomic E-state index is 11.2. The Bertz CT molecular complexity index is 463. The van der Waals surface area contributed by atoms with Crippen molar-refractivity contribution >= 4 is 17.5 Å². The Labute approximate surface area is 99.9 Å². The predicted octanol–water partition coefficient (Wildman–Crippen LogP) is 2.06. The Morgan fingerprint density at radius 3 is 2.69 bits per heavy atom. The number of nitriles is 1. The van der Waals surface area contributed by atoms with Gasteiger partial charge in [-0.3, -0.25) is 4.79 Å². The highest BCUT2D eigenvalue weighted by Crippen LogP contribution is 2.24. The van der Waals surface area contributed by atoms with Crippen LogP contribution in [0.5, 0.6) is 0 Å². The maximum Gasteiger partial charge on any atom is 0.257 e. The number of H-pyrrole nitrogens is 1. The first-order valence-electron chi connectivity index (χ1n) is 5.06. The van der Waals surface area contributed by atoms with Crippen LogP contribution in [0.1, 0.15) is 30.7 Å². The van der Waals surface area contributed by atoms with E-state index >= 15 is 0 Å². The van der Waals surface area contributed by atoms with Crippen molar-refractivity contribution in [2.75, 3.05) is 0 Å². The van der Waals surface area contributed by atoms with Crippen molar-refractivity contribution in [1.29, 1.82) is 5.26 Å². The molecule has 1 unspecified atom stereocenters. The number of thioether (sulfide) groups is 1. The van der Waals surface area contributed by atoms with E-state index in [0.29, 0.717) is 5.56 Å². The Morgan fingerprint density at radius 1 is 1.56 bits per heavy atom. The van der Waals surface area contributed by atoms with Gasteiger partial charge in [0.25, 0.3) is 5.03 Å². The van der Waals surface area contributed by atoms with Gasteiger partial charge in [-0.05, 0) is 38.1 Å². The van der Waals surface area contributed by atoms with Crippen LogP contribution in [0, 0.1) is 25.2 Å². The molecular weight excluding hydrogens is 220 g/mol. The zero-order valence-corrected chi connectivity index (χ0v) is 10.7. The molecular formula is C12H15N2OS+. The van der Waals surface area contributed by atoms with Crippen LogP contribution in [0.3, 0.4) is 0 Å². The molecule has 0 bridgehead atoms. The topological polar surface area (TPSA) is 55.0 Å². The molecule has 0 fully saturated rings. The molecule has 3 nitrogen and oxygen atoms in total. The van der Waals surface area contributed by atoms with Crippen LogP contribution in [-0.4, -0.2) is 11.0 Å². The molecule has 0 radical (unpaired) electrons. The zero-order valence-electron chi connectivity index (χ0n) is 9.92. The number of rotatable bonds is 3. The van der Waals surface area contributed by atoms with Crippen molar-refractivity contribution < 1.29 is 9.78 Å². The summed E-state index contributed by atoms with van der Waals surface area (Å²) in [6.45, 7) is 7.25. The molecule has 0 saturated carbocycles. The molecule has 1 aromatic rings. The van der Waals surface area contributed by atoms with Gasteiger partial charge in [0.1, 0.15) is 17.4 Å². The minimum Gasteiger partial charge on any atom is -0.299 e. The molecule has 4 heteroatoms. The third kappa shape index (κ3) is 2.83. The number of nitrogens with zero attached hydrogens (tertiary/aromatic N) is 1. The number of aromatic amines is 1. The number of carbonyl (C=O) groups excluding carboxylic acids is 1. The van der Waals surface area contributed by atoms with E-state index in [1.54, 1.807) is 6.92 Å². The Balaban J connectivity index is 3.13. The van der Waals surface area contributed by atoms with Crippen LogP contribution in [-0.2, 0) is 4.79 Å². The normalized spacial score (nSPS) is 11.9. The van der Waals surface area contributed by atoms with Gasteiger partial charge in [0, 0.05) is 13.0 Å². The largest absolute Gasteiger partial charge is 0.299 e. The van der Waals surface area contributed by atoms with Crippen LogP contribution in [0.15, 0.2) is 11.1 Å². The van der Waals surface area contributed by atoms with Gasteiger partial charge in [-0.15, -0.1) is 0 Å². The number of hydrogen-bond acceptors (Lipinski definition) is 3. The van der Waals surface area contributed by atoms with Gasteiger partial charge in [-0.2, -0.15) is 5.26 Å². The maximum atomic E-state index is 11.2. The van der Waals surface area contributed by atoms with E-state index in [9.17, 15) is 4.79 Å². The molecule has 0 saturated heterocycles. The minimum atomic E-state index is -0.135. The molecule has 0 aliphatic carbocycles. The molecule has 1 rings (SSSR count). The third-order valence-electron chi connectivity index (χ3n) is 2.34. The fourth-order valence-corrected chi connectivity index (χ4v) is 2.40. The predicted molar refractivity (Wildman–Crippen MR) is 63.2 cm³/mol. The average molecular weight is 235 g/mol. The first-order chi connectivity index (χ1) is 7.45. The monoisotopic (exact) mass is 235 g/mol. The molecule has 0 amide bonds. The second-order valence-corrected chi connectivity index (χ2v) is 5.17. The molecule has 0 aliphatic rings. The summed E-state index contributed by atoms with van der Waals surface area (Å²) in [5.41, 5.74) is 2.57. The lowest BCUT2D eigenvalue weighted by atomic mass is 10.1. The fourth-order valence-electron chi connectivity index (χ4n) is 1.34. The second-order valence-electron chi connectivity index (χ2n) is 3.82. The smallest absolute Gasteiger partial charge is 0.257 e. The highest BCUT2D eigenvalue weighted by Gasteiger charge is 2.20. The Morgan fingerprint density at radius 2 is 2.19 bits per heavy atom. The second kappa shape index (κ2) is 5.13. The lowest BCUT2D eigenvalue weighted by Crippen LogP contribution is -2.18. The Hall–Kier alpha value is -1.34. The minimum absolute atomic E-state index is 0.112. The number of aromatic nitrogens is 1. The molecule has 1 aromatic heterocycles. The van der Waals surface area contributed by atoms with Crippen molar-refractivity contribution in [3.05, 3.63) is 22.9 Å². The van der Waals surface area contributed by atoms with E-state index in [1.807, 2.05) is 26.8 Å². The third-order valence-corrected chi connectivity index (χ3v) is 3.57. The van der Waals surface area contributed by atoms with Gasteiger partial charge in [-0.25, -0.2) is 4.98 Å². The van der Waals surface area contributed by atoms with E-state index in [-0.39, 0.29) is 11.0 Å². The molecule has 0 spiro atoms. The number of nitrogens with one attached hydrogen (secondary N) is 1. The van der Waals surface area contributed by atoms with Gasteiger partial charge in [0.15, 0.2) is 5.69 Å². The number of carbonyl (C=O) groups is 1. The summed E-state index contributed by atoms with van der Waals surface area (Å²) in [5, 5.41) is 9.72. The highest BCUT2D eigenvalue weighted by molar-refractivity contribution is 8.00. The van der Waals surface area contributed by atoms with Crippen molar-refractivity contribution in [3.63, 3.8) is 0 Å². The van der Waals surface area contributed by atoms with Gasteiger partial charge in [0.05, 0.1) is 5.25 Å². The first-order valence-corrected chi connectivity index (χ1v) is 5.94. The quantitative estimate of drug-likeness (QED) is 0.753. The van der Waals surface area contributed by atoms with E-state index in [0.717, 1.165) is 16.3 Å². The van der Waals surface area contributed by atoms with Gasteiger partial charge < -0.3 is 0 Å². The van der Waals surface area contributed by atoms with Crippen LogP contribution in [0.4, 0.5) is 0 Å². The van der Waals surface area contributed by atoms with E-state index < -0.39 is 0 Å². The average Bonchev–Trinajstić information content (AvgIpc) is 2.16. The fraction of sp³-hybridized carbons (Fsp3) is 0.417. The van der Waals surface area contributed by atoms with Crippen LogP contribution < -0.4 is 4.98 Å².